The summed E-state index contributed by atoms with van der Waals surface area (Å²) in [6, 6.07) is 0. The predicted octanol–water partition coefficient (Wildman–Crippen LogP) is 8.22. The van der Waals surface area contributed by atoms with Crippen molar-refractivity contribution in [1.29, 1.82) is 0 Å². The maximum atomic E-state index is 12.0. The van der Waals surface area contributed by atoms with Crippen LogP contribution in [0.3, 0.4) is 0 Å². The van der Waals surface area contributed by atoms with Gasteiger partial charge in [-0.05, 0) is 77.0 Å². The summed E-state index contributed by atoms with van der Waals surface area (Å²) in [6.45, 7) is 0.993. The number of hydrogen-bond donors (Lipinski definition) is 4. The van der Waals surface area contributed by atoms with Crippen molar-refractivity contribution in [2.45, 2.75) is 180 Å². The van der Waals surface area contributed by atoms with Crippen LogP contribution in [0.25, 0.3) is 0 Å². The second kappa shape index (κ2) is 35.2. The first kappa shape index (κ1) is 43.4. The van der Waals surface area contributed by atoms with Crippen molar-refractivity contribution in [3.8, 4) is 0 Å². The Bertz CT molecular complexity index is 747. The molecule has 4 amide bonds. The summed E-state index contributed by atoms with van der Waals surface area (Å²) in [6.07, 6.45) is 38.3. The molecule has 0 fully saturated rings. The average molecular weight is 647 g/mol. The fourth-order valence-electron chi connectivity index (χ4n) is 5.39. The third-order valence-electron chi connectivity index (χ3n) is 8.24. The van der Waals surface area contributed by atoms with Crippen molar-refractivity contribution in [1.82, 2.24) is 10.6 Å². The molecule has 8 nitrogen and oxygen atoms in total. The van der Waals surface area contributed by atoms with Crippen molar-refractivity contribution in [3.63, 3.8) is 0 Å². The Kier molecular flexibility index (Phi) is 33.2. The molecule has 46 heavy (non-hydrogen) atoms. The number of amides is 4. The van der Waals surface area contributed by atoms with E-state index in [2.05, 4.69) is 34.9 Å². The number of unbranched alkanes of at least 4 members (excludes halogenated alkanes) is 20. The van der Waals surface area contributed by atoms with Gasteiger partial charge in [-0.15, -0.1) is 0 Å². The van der Waals surface area contributed by atoms with E-state index in [1.807, 2.05) is 0 Å². The van der Waals surface area contributed by atoms with Crippen LogP contribution in [0.5, 0.6) is 0 Å². The second-order valence-corrected chi connectivity index (χ2v) is 12.8. The Morgan fingerprint density at radius 3 is 0.870 bits per heavy atom. The Hall–Kier alpha value is -2.64. The number of rotatable bonds is 35. The molecular weight excluding hydrogens is 576 g/mol. The van der Waals surface area contributed by atoms with Gasteiger partial charge in [-0.2, -0.15) is 0 Å². The molecule has 0 unspecified atom stereocenters. The minimum Gasteiger partial charge on any atom is -0.370 e. The smallest absolute Gasteiger partial charge is 0.220 e. The molecule has 0 aromatic rings. The molecule has 8 heteroatoms. The minimum atomic E-state index is -0.193. The molecule has 0 aromatic carbocycles. The SMILES string of the molecule is NC(=O)CCCCCCC/C=C\CCCCCCCC(=O)NCCNC(=O)CCCCCCC/C=C\CCCCCCCC(N)=O. The first-order chi connectivity index (χ1) is 22.4. The van der Waals surface area contributed by atoms with Gasteiger partial charge in [-0.25, -0.2) is 0 Å². The highest BCUT2D eigenvalue weighted by Crippen LogP contribution is 2.11. The van der Waals surface area contributed by atoms with E-state index in [1.54, 1.807) is 0 Å². The minimum absolute atomic E-state index is 0.0774. The van der Waals surface area contributed by atoms with Gasteiger partial charge >= 0.3 is 0 Å². The zero-order valence-corrected chi connectivity index (χ0v) is 29.3. The first-order valence-electron chi connectivity index (χ1n) is 18.8. The monoisotopic (exact) mass is 647 g/mol. The number of hydrogen-bond acceptors (Lipinski definition) is 4. The number of carbonyl (C=O) groups excluding carboxylic acids is 4. The highest BCUT2D eigenvalue weighted by atomic mass is 16.2. The van der Waals surface area contributed by atoms with Crippen LogP contribution in [0, 0.1) is 0 Å². The molecule has 0 aliphatic rings. The molecule has 0 spiro atoms. The normalized spacial score (nSPS) is 11.4. The van der Waals surface area contributed by atoms with Gasteiger partial charge in [0.05, 0.1) is 0 Å². The van der Waals surface area contributed by atoms with Crippen LogP contribution in [0.15, 0.2) is 24.3 Å². The number of carbonyl (C=O) groups is 4. The van der Waals surface area contributed by atoms with Gasteiger partial charge in [0.2, 0.25) is 23.6 Å². The van der Waals surface area contributed by atoms with E-state index in [-0.39, 0.29) is 23.6 Å². The molecule has 0 heterocycles. The molecule has 0 bridgehead atoms. The molecule has 6 N–H and O–H groups in total. The van der Waals surface area contributed by atoms with E-state index in [9.17, 15) is 19.2 Å². The van der Waals surface area contributed by atoms with E-state index in [0.717, 1.165) is 77.0 Å². The lowest BCUT2D eigenvalue weighted by Gasteiger charge is -2.07. The van der Waals surface area contributed by atoms with Crippen molar-refractivity contribution < 1.29 is 19.2 Å². The highest BCUT2D eigenvalue weighted by Gasteiger charge is 2.03. The van der Waals surface area contributed by atoms with Gasteiger partial charge in [0.25, 0.3) is 0 Å². The molecule has 266 valence electrons. The van der Waals surface area contributed by atoms with Crippen molar-refractivity contribution in [2.24, 2.45) is 11.5 Å². The van der Waals surface area contributed by atoms with Gasteiger partial charge < -0.3 is 22.1 Å². The summed E-state index contributed by atoms with van der Waals surface area (Å²) in [5, 5.41) is 5.83. The van der Waals surface area contributed by atoms with Gasteiger partial charge in [0, 0.05) is 38.8 Å². The summed E-state index contributed by atoms with van der Waals surface area (Å²) < 4.78 is 0. The van der Waals surface area contributed by atoms with E-state index in [4.69, 9.17) is 11.5 Å². The topological polar surface area (TPSA) is 144 Å². The molecule has 0 aromatic heterocycles. The summed E-state index contributed by atoms with van der Waals surface area (Å²) in [4.78, 5) is 45.4. The number of allylic oxidation sites excluding steroid dienone is 4. The van der Waals surface area contributed by atoms with E-state index in [0.29, 0.717) is 38.8 Å². The van der Waals surface area contributed by atoms with E-state index < -0.39 is 0 Å². The third kappa shape index (κ3) is 37.5. The van der Waals surface area contributed by atoms with Crippen LogP contribution in [-0.2, 0) is 19.2 Å². The van der Waals surface area contributed by atoms with Crippen LogP contribution >= 0.6 is 0 Å². The summed E-state index contributed by atoms with van der Waals surface area (Å²) in [5.41, 5.74) is 10.3. The largest absolute Gasteiger partial charge is 0.370 e. The first-order valence-corrected chi connectivity index (χ1v) is 18.8. The molecule has 0 saturated carbocycles. The molecule has 0 saturated heterocycles. The maximum Gasteiger partial charge on any atom is 0.220 e. The Balaban J connectivity index is 3.35. The maximum absolute atomic E-state index is 12.0. The van der Waals surface area contributed by atoms with Crippen molar-refractivity contribution >= 4 is 23.6 Å². The molecular formula is C38H70N4O4. The standard InChI is InChI=1S/C38H70N4O4/c39-35(43)29-25-21-17-13-9-5-1-3-7-11-15-19-23-27-31-37(45)41-33-34-42-38(46)32-28-24-20-16-12-8-4-2-6-10-14-18-22-26-30-36(40)44/h1-4H,5-34H2,(H2,39,43)(H2,40,44)(H,41,45)(H,42,46)/b3-1-,4-2-. The Labute approximate surface area is 281 Å². The van der Waals surface area contributed by atoms with Crippen LogP contribution in [0.4, 0.5) is 0 Å². The fraction of sp³-hybridized carbons (Fsp3) is 0.789. The molecule has 0 aliphatic carbocycles. The fourth-order valence-corrected chi connectivity index (χ4v) is 5.39. The predicted molar refractivity (Wildman–Crippen MR) is 192 cm³/mol. The summed E-state index contributed by atoms with van der Waals surface area (Å²) in [5.74, 6) is -0.232. The Morgan fingerprint density at radius 1 is 0.348 bits per heavy atom. The van der Waals surface area contributed by atoms with Crippen LogP contribution in [0.1, 0.15) is 180 Å². The second-order valence-electron chi connectivity index (χ2n) is 12.8. The third-order valence-corrected chi connectivity index (χ3v) is 8.24. The lowest BCUT2D eigenvalue weighted by molar-refractivity contribution is -0.123. The molecule has 0 atom stereocenters. The number of primary amides is 2. The van der Waals surface area contributed by atoms with Gasteiger partial charge in [0.1, 0.15) is 0 Å². The lowest BCUT2D eigenvalue weighted by atomic mass is 10.1. The molecule has 0 radical (unpaired) electrons. The van der Waals surface area contributed by atoms with Crippen LogP contribution in [0.2, 0.25) is 0 Å². The highest BCUT2D eigenvalue weighted by molar-refractivity contribution is 5.77. The summed E-state index contributed by atoms with van der Waals surface area (Å²) in [7, 11) is 0. The van der Waals surface area contributed by atoms with Gasteiger partial charge in [0.15, 0.2) is 0 Å². The molecule has 0 rings (SSSR count). The van der Waals surface area contributed by atoms with Crippen LogP contribution < -0.4 is 22.1 Å². The zero-order chi connectivity index (χ0) is 33.8. The number of nitrogens with two attached hydrogens (primary N) is 2. The van der Waals surface area contributed by atoms with Crippen molar-refractivity contribution in [3.05, 3.63) is 24.3 Å². The molecule has 0 aliphatic heterocycles. The van der Waals surface area contributed by atoms with Gasteiger partial charge in [-0.1, -0.05) is 101 Å². The lowest BCUT2D eigenvalue weighted by Crippen LogP contribution is -2.34. The summed E-state index contributed by atoms with van der Waals surface area (Å²) >= 11 is 0. The van der Waals surface area contributed by atoms with Crippen molar-refractivity contribution in [2.75, 3.05) is 13.1 Å². The van der Waals surface area contributed by atoms with E-state index in [1.165, 1.54) is 77.0 Å². The quantitative estimate of drug-likeness (QED) is 0.0406. The van der Waals surface area contributed by atoms with Gasteiger partial charge in [-0.3, -0.25) is 19.2 Å². The zero-order valence-electron chi connectivity index (χ0n) is 29.3. The Morgan fingerprint density at radius 2 is 0.587 bits per heavy atom. The number of nitrogens with one attached hydrogen (secondary N) is 2. The average Bonchev–Trinajstić information content (AvgIpc) is 3.02. The van der Waals surface area contributed by atoms with Crippen LogP contribution in [-0.4, -0.2) is 36.7 Å². The van der Waals surface area contributed by atoms with E-state index >= 15 is 0 Å².